The minimum absolute atomic E-state index is 0.218. The molecule has 0 unspecified atom stereocenters. The Labute approximate surface area is 140 Å². The summed E-state index contributed by atoms with van der Waals surface area (Å²) in [6, 6.07) is 9.31. The molecule has 0 spiro atoms. The molecule has 0 radical (unpaired) electrons. The van der Waals surface area contributed by atoms with E-state index >= 15 is 0 Å². The number of nitrogens with one attached hydrogen (secondary N) is 2. The first kappa shape index (κ1) is 17.3. The topological polar surface area (TPSA) is 63.5 Å². The van der Waals surface area contributed by atoms with E-state index < -0.39 is 0 Å². The monoisotopic (exact) mass is 334 g/mol. The summed E-state index contributed by atoms with van der Waals surface area (Å²) >= 11 is 1.79. The number of hydrogen-bond acceptors (Lipinski definition) is 4. The van der Waals surface area contributed by atoms with Crippen LogP contribution in [0, 0.1) is 6.92 Å². The van der Waals surface area contributed by atoms with Gasteiger partial charge >= 0.3 is 6.03 Å². The van der Waals surface area contributed by atoms with Gasteiger partial charge in [-0.15, -0.1) is 0 Å². The molecule has 124 valence electrons. The number of benzene rings is 1. The number of hydrogen-bond donors (Lipinski definition) is 2. The summed E-state index contributed by atoms with van der Waals surface area (Å²) in [4.78, 5) is 11.9. The summed E-state index contributed by atoms with van der Waals surface area (Å²) in [5.41, 5.74) is 1.74. The number of rotatable bonds is 8. The Morgan fingerprint density at radius 1 is 1.35 bits per heavy atom. The van der Waals surface area contributed by atoms with E-state index in [9.17, 15) is 4.79 Å². The fraction of sp³-hybridized carbons (Fsp3) is 0.353. The number of carbonyl (C=O) groups is 1. The fourth-order valence-corrected chi connectivity index (χ4v) is 2.89. The van der Waals surface area contributed by atoms with Gasteiger partial charge in [0.25, 0.3) is 0 Å². The van der Waals surface area contributed by atoms with Crippen LogP contribution in [0.25, 0.3) is 0 Å². The van der Waals surface area contributed by atoms with Crippen molar-refractivity contribution in [2.24, 2.45) is 0 Å². The first-order chi connectivity index (χ1) is 11.2. The number of ether oxygens (including phenoxy) is 1. The molecular weight excluding hydrogens is 312 g/mol. The summed E-state index contributed by atoms with van der Waals surface area (Å²) in [6.45, 7) is 2.60. The van der Waals surface area contributed by atoms with Crippen molar-refractivity contribution in [3.8, 4) is 5.75 Å². The van der Waals surface area contributed by atoms with Crippen molar-refractivity contribution in [2.75, 3.05) is 24.7 Å². The van der Waals surface area contributed by atoms with Crippen LogP contribution in [0.3, 0.4) is 0 Å². The summed E-state index contributed by atoms with van der Waals surface area (Å²) < 4.78 is 10.5. The highest BCUT2D eigenvalue weighted by atomic mass is 32.2. The van der Waals surface area contributed by atoms with Crippen LogP contribution in [0.4, 0.5) is 10.5 Å². The highest BCUT2D eigenvalue weighted by Gasteiger charge is 2.07. The highest BCUT2D eigenvalue weighted by Crippen LogP contribution is 2.24. The molecule has 2 N–H and O–H groups in total. The van der Waals surface area contributed by atoms with Crippen molar-refractivity contribution in [3.63, 3.8) is 0 Å². The molecule has 0 atom stereocenters. The minimum atomic E-state index is -0.218. The average molecular weight is 334 g/mol. The van der Waals surface area contributed by atoms with Crippen LogP contribution < -0.4 is 15.4 Å². The maximum absolute atomic E-state index is 11.9. The molecule has 23 heavy (non-hydrogen) atoms. The third-order valence-electron chi connectivity index (χ3n) is 3.18. The number of urea groups is 1. The maximum atomic E-state index is 11.9. The van der Waals surface area contributed by atoms with Crippen LogP contribution >= 0.6 is 11.8 Å². The standard InChI is InChI=1S/C17H22N2O3S/c1-13-6-7-16(21-2)15(11-13)19-17(20)18-8-4-10-23-12-14-5-3-9-22-14/h3,5-7,9,11H,4,8,10,12H2,1-2H3,(H2,18,19,20). The van der Waals surface area contributed by atoms with Gasteiger partial charge < -0.3 is 19.8 Å². The van der Waals surface area contributed by atoms with E-state index in [1.165, 1.54) is 0 Å². The van der Waals surface area contributed by atoms with Gasteiger partial charge in [0.1, 0.15) is 11.5 Å². The molecule has 0 aliphatic carbocycles. The van der Waals surface area contributed by atoms with Gasteiger partial charge in [-0.1, -0.05) is 6.07 Å². The van der Waals surface area contributed by atoms with Gasteiger partial charge in [-0.05, 0) is 48.9 Å². The van der Waals surface area contributed by atoms with Gasteiger partial charge in [-0.25, -0.2) is 4.79 Å². The molecule has 2 amide bonds. The molecule has 5 nitrogen and oxygen atoms in total. The van der Waals surface area contributed by atoms with Crippen molar-refractivity contribution in [2.45, 2.75) is 19.1 Å². The minimum Gasteiger partial charge on any atom is -0.495 e. The molecule has 6 heteroatoms. The third-order valence-corrected chi connectivity index (χ3v) is 4.24. The van der Waals surface area contributed by atoms with Gasteiger partial charge in [0.15, 0.2) is 0 Å². The predicted octanol–water partition coefficient (Wildman–Crippen LogP) is 4.04. The van der Waals surface area contributed by atoms with E-state index in [1.807, 2.05) is 37.3 Å². The molecule has 1 aromatic carbocycles. The van der Waals surface area contributed by atoms with Gasteiger partial charge in [0.2, 0.25) is 0 Å². The zero-order valence-electron chi connectivity index (χ0n) is 13.4. The second-order valence-corrected chi connectivity index (χ2v) is 6.18. The van der Waals surface area contributed by atoms with Gasteiger partial charge in [-0.3, -0.25) is 0 Å². The van der Waals surface area contributed by atoms with Crippen LogP contribution in [0.2, 0.25) is 0 Å². The molecule has 0 saturated carbocycles. The SMILES string of the molecule is COc1ccc(C)cc1NC(=O)NCCCSCc1ccco1. The first-order valence-corrected chi connectivity index (χ1v) is 8.64. The molecule has 0 aliphatic rings. The average Bonchev–Trinajstić information content (AvgIpc) is 3.04. The Morgan fingerprint density at radius 3 is 2.96 bits per heavy atom. The zero-order valence-corrected chi connectivity index (χ0v) is 14.2. The van der Waals surface area contributed by atoms with E-state index in [4.69, 9.17) is 9.15 Å². The van der Waals surface area contributed by atoms with Crippen molar-refractivity contribution in [1.82, 2.24) is 5.32 Å². The highest BCUT2D eigenvalue weighted by molar-refractivity contribution is 7.98. The Kier molecular flexibility index (Phi) is 6.87. The number of carbonyl (C=O) groups excluding carboxylic acids is 1. The second-order valence-electron chi connectivity index (χ2n) is 5.07. The lowest BCUT2D eigenvalue weighted by atomic mass is 10.2. The van der Waals surface area contributed by atoms with Crippen LogP contribution in [0.15, 0.2) is 41.0 Å². The van der Waals surface area contributed by atoms with Crippen LogP contribution in [-0.4, -0.2) is 25.4 Å². The van der Waals surface area contributed by atoms with E-state index in [1.54, 1.807) is 25.1 Å². The number of aryl methyl sites for hydroxylation is 1. The van der Waals surface area contributed by atoms with E-state index in [2.05, 4.69) is 10.6 Å². The second kappa shape index (κ2) is 9.15. The van der Waals surface area contributed by atoms with Crippen molar-refractivity contribution in [3.05, 3.63) is 47.9 Å². The fourth-order valence-electron chi connectivity index (χ4n) is 2.03. The number of methoxy groups -OCH3 is 1. The summed E-state index contributed by atoms with van der Waals surface area (Å²) in [6.07, 6.45) is 2.59. The van der Waals surface area contributed by atoms with Crippen molar-refractivity contribution < 1.29 is 13.9 Å². The molecule has 0 aliphatic heterocycles. The van der Waals surface area contributed by atoms with Crippen molar-refractivity contribution in [1.29, 1.82) is 0 Å². The largest absolute Gasteiger partial charge is 0.495 e. The number of amides is 2. The quantitative estimate of drug-likeness (QED) is 0.715. The van der Waals surface area contributed by atoms with Crippen molar-refractivity contribution >= 4 is 23.5 Å². The number of anilines is 1. The number of furan rings is 1. The molecule has 0 saturated heterocycles. The predicted molar refractivity (Wildman–Crippen MR) is 94.2 cm³/mol. The molecular formula is C17H22N2O3S. The Morgan fingerprint density at radius 2 is 2.22 bits per heavy atom. The molecule has 2 aromatic rings. The van der Waals surface area contributed by atoms with E-state index in [-0.39, 0.29) is 6.03 Å². The smallest absolute Gasteiger partial charge is 0.319 e. The third kappa shape index (κ3) is 5.90. The summed E-state index contributed by atoms with van der Waals surface area (Å²) in [5, 5.41) is 5.67. The van der Waals surface area contributed by atoms with Gasteiger partial charge in [0, 0.05) is 6.54 Å². The Bertz CT molecular complexity index is 614. The zero-order chi connectivity index (χ0) is 16.5. The Hall–Kier alpha value is -2.08. The van der Waals surface area contributed by atoms with Crippen LogP contribution in [-0.2, 0) is 5.75 Å². The van der Waals surface area contributed by atoms with Gasteiger partial charge in [0.05, 0.1) is 24.8 Å². The molecule has 1 heterocycles. The summed E-state index contributed by atoms with van der Waals surface area (Å²) in [7, 11) is 1.59. The normalized spacial score (nSPS) is 10.3. The Balaban J connectivity index is 1.64. The maximum Gasteiger partial charge on any atom is 0.319 e. The first-order valence-electron chi connectivity index (χ1n) is 7.48. The van der Waals surface area contributed by atoms with E-state index in [0.29, 0.717) is 18.0 Å². The van der Waals surface area contributed by atoms with Crippen LogP contribution in [0.1, 0.15) is 17.7 Å². The lowest BCUT2D eigenvalue weighted by Crippen LogP contribution is -2.30. The lowest BCUT2D eigenvalue weighted by Gasteiger charge is -2.11. The van der Waals surface area contributed by atoms with Gasteiger partial charge in [-0.2, -0.15) is 11.8 Å². The molecule has 2 rings (SSSR count). The van der Waals surface area contributed by atoms with E-state index in [0.717, 1.165) is 29.3 Å². The lowest BCUT2D eigenvalue weighted by molar-refractivity contribution is 0.252. The summed E-state index contributed by atoms with van der Waals surface area (Å²) in [5.74, 6) is 3.46. The molecule has 0 bridgehead atoms. The molecule has 0 fully saturated rings. The van der Waals surface area contributed by atoms with Crippen LogP contribution in [0.5, 0.6) is 5.75 Å². The molecule has 1 aromatic heterocycles. The number of thioether (sulfide) groups is 1.